The fraction of sp³-hybridized carbons (Fsp3) is 0.226. The molecule has 0 aliphatic carbocycles. The third-order valence-corrected chi connectivity index (χ3v) is 10.4. The number of aryl methyl sites for hydroxylation is 1. The molecule has 0 unspecified atom stereocenters. The van der Waals surface area contributed by atoms with Gasteiger partial charge < -0.3 is 0 Å². The molecule has 4 aromatic rings. The van der Waals surface area contributed by atoms with Gasteiger partial charge in [0.25, 0.3) is 0 Å². The van der Waals surface area contributed by atoms with Crippen molar-refractivity contribution in [3.05, 3.63) is 126 Å². The van der Waals surface area contributed by atoms with Crippen LogP contribution >= 0.6 is 7.92 Å². The Morgan fingerprint density at radius 1 is 0.686 bits per heavy atom. The van der Waals surface area contributed by atoms with Gasteiger partial charge in [0.2, 0.25) is 0 Å². The molecular weight excluding hydrogens is 465 g/mol. The zero-order valence-electron chi connectivity index (χ0n) is 21.2. The number of hydrogen-bond donors (Lipinski definition) is 0. The van der Waals surface area contributed by atoms with Crippen LogP contribution < -0.4 is 15.9 Å². The minimum absolute atomic E-state index is 0.134. The van der Waals surface area contributed by atoms with Gasteiger partial charge in [0.15, 0.2) is 0 Å². The summed E-state index contributed by atoms with van der Waals surface area (Å²) in [7, 11) is 0.0142. The number of rotatable bonds is 7. The molecule has 0 saturated carbocycles. The van der Waals surface area contributed by atoms with Crippen molar-refractivity contribution in [3.8, 4) is 0 Å². The van der Waals surface area contributed by atoms with E-state index >= 15 is 0 Å². The summed E-state index contributed by atoms with van der Waals surface area (Å²) in [6.07, 6.45) is 0. The van der Waals surface area contributed by atoms with E-state index in [-0.39, 0.29) is 10.8 Å². The van der Waals surface area contributed by atoms with Gasteiger partial charge in [-0.05, 0) is 68.2 Å². The molecule has 0 bridgehead atoms. The minimum Gasteiger partial charge on any atom is -0.242 e. The van der Waals surface area contributed by atoms with Gasteiger partial charge in [0.05, 0.1) is 10.8 Å². The van der Waals surface area contributed by atoms with E-state index in [0.29, 0.717) is 0 Å². The minimum atomic E-state index is -1.19. The molecule has 0 heterocycles. The predicted octanol–water partition coefficient (Wildman–Crippen LogP) is 6.24. The molecule has 2 atom stereocenters. The highest BCUT2D eigenvalue weighted by atomic mass is 32.2. The third kappa shape index (κ3) is 5.64. The summed E-state index contributed by atoms with van der Waals surface area (Å²) in [5.41, 5.74) is 3.60. The standard InChI is InChI=1S/C31H34NOPS/c1-24-16-12-13-21-27(24)30(32(5)35(33)31(2,3)4)28-22-14-15-23-29(28)34(25-17-8-6-9-18-25)26-19-10-7-11-20-26/h6-23,30H,1-5H3/t30-,35-/m1/s1. The van der Waals surface area contributed by atoms with E-state index in [1.54, 1.807) is 0 Å². The van der Waals surface area contributed by atoms with Gasteiger partial charge in [-0.3, -0.25) is 0 Å². The molecule has 4 heteroatoms. The second kappa shape index (κ2) is 11.0. The molecule has 0 aliphatic rings. The summed E-state index contributed by atoms with van der Waals surface area (Å²) in [5, 5.41) is 3.92. The Balaban J connectivity index is 1.97. The van der Waals surface area contributed by atoms with Crippen LogP contribution in [0, 0.1) is 6.92 Å². The molecule has 4 rings (SSSR count). The normalized spacial score (nSPS) is 13.7. The molecule has 180 valence electrons. The highest BCUT2D eigenvalue weighted by Gasteiger charge is 2.33. The largest absolute Gasteiger partial charge is 0.242 e. The third-order valence-electron chi connectivity index (χ3n) is 6.13. The van der Waals surface area contributed by atoms with Gasteiger partial charge in [-0.25, -0.2) is 8.51 Å². The van der Waals surface area contributed by atoms with Crippen molar-refractivity contribution < 1.29 is 4.21 Å². The second-order valence-corrected chi connectivity index (χ2v) is 14.2. The average molecular weight is 500 g/mol. The van der Waals surface area contributed by atoms with Crippen LogP contribution in [0.15, 0.2) is 109 Å². The molecule has 0 amide bonds. The Bertz CT molecular complexity index is 1240. The quantitative estimate of drug-likeness (QED) is 0.276. The maximum Gasteiger partial charge on any atom is 0.100 e. The Kier molecular flexibility index (Phi) is 8.02. The summed E-state index contributed by atoms with van der Waals surface area (Å²) in [6.45, 7) is 8.28. The average Bonchev–Trinajstić information content (AvgIpc) is 2.86. The van der Waals surface area contributed by atoms with Crippen molar-refractivity contribution in [1.29, 1.82) is 0 Å². The maximum absolute atomic E-state index is 13.7. The summed E-state index contributed by atoms with van der Waals surface area (Å²) in [4.78, 5) is 0. The van der Waals surface area contributed by atoms with Crippen molar-refractivity contribution in [2.75, 3.05) is 7.05 Å². The van der Waals surface area contributed by atoms with Gasteiger partial charge in [-0.2, -0.15) is 0 Å². The monoisotopic (exact) mass is 499 g/mol. The Labute approximate surface area is 214 Å². The van der Waals surface area contributed by atoms with Crippen LogP contribution in [0.25, 0.3) is 0 Å². The lowest BCUT2D eigenvalue weighted by molar-refractivity contribution is 0.440. The van der Waals surface area contributed by atoms with E-state index in [1.165, 1.54) is 32.6 Å². The molecule has 0 fully saturated rings. The fourth-order valence-corrected chi connectivity index (χ4v) is 8.25. The van der Waals surface area contributed by atoms with Crippen LogP contribution in [0.3, 0.4) is 0 Å². The lowest BCUT2D eigenvalue weighted by Gasteiger charge is -2.35. The van der Waals surface area contributed by atoms with E-state index in [9.17, 15) is 4.21 Å². The summed E-state index contributed by atoms with van der Waals surface area (Å²) < 4.78 is 15.4. The van der Waals surface area contributed by atoms with E-state index in [2.05, 4.69) is 120 Å². The first-order valence-corrected chi connectivity index (χ1v) is 14.4. The molecular formula is C31H34NOPS. The first-order chi connectivity index (χ1) is 16.8. The van der Waals surface area contributed by atoms with Crippen LogP contribution in [-0.4, -0.2) is 20.3 Å². The van der Waals surface area contributed by atoms with Gasteiger partial charge in [0, 0.05) is 7.05 Å². The van der Waals surface area contributed by atoms with Gasteiger partial charge in [0.1, 0.15) is 11.0 Å². The van der Waals surface area contributed by atoms with Gasteiger partial charge in [-0.1, -0.05) is 109 Å². The van der Waals surface area contributed by atoms with Crippen LogP contribution in [0.5, 0.6) is 0 Å². The van der Waals surface area contributed by atoms with Crippen LogP contribution in [0.1, 0.15) is 43.5 Å². The summed E-state index contributed by atoms with van der Waals surface area (Å²) in [6, 6.07) is 38.6. The zero-order chi connectivity index (χ0) is 25.0. The van der Waals surface area contributed by atoms with Crippen molar-refractivity contribution in [2.45, 2.75) is 38.5 Å². The first-order valence-electron chi connectivity index (χ1n) is 12.0. The Hall–Kier alpha value is -2.58. The van der Waals surface area contributed by atoms with E-state index in [4.69, 9.17) is 0 Å². The van der Waals surface area contributed by atoms with E-state index in [0.717, 1.165) is 0 Å². The van der Waals surface area contributed by atoms with Gasteiger partial charge >= 0.3 is 0 Å². The van der Waals surface area contributed by atoms with Crippen molar-refractivity contribution in [3.63, 3.8) is 0 Å². The molecule has 2 nitrogen and oxygen atoms in total. The van der Waals surface area contributed by atoms with Crippen molar-refractivity contribution in [2.24, 2.45) is 0 Å². The molecule has 0 aromatic heterocycles. The fourth-order valence-electron chi connectivity index (χ4n) is 4.48. The predicted molar refractivity (Wildman–Crippen MR) is 154 cm³/mol. The maximum atomic E-state index is 13.7. The van der Waals surface area contributed by atoms with Gasteiger partial charge in [-0.15, -0.1) is 0 Å². The molecule has 0 aliphatic heterocycles. The molecule has 35 heavy (non-hydrogen) atoms. The SMILES string of the molecule is Cc1ccccc1[C@H](c1ccccc1P(c1ccccc1)c1ccccc1)N(C)[S@](=O)C(C)(C)C. The van der Waals surface area contributed by atoms with E-state index < -0.39 is 18.9 Å². The second-order valence-electron chi connectivity index (χ2n) is 9.73. The molecule has 0 radical (unpaired) electrons. The summed E-state index contributed by atoms with van der Waals surface area (Å²) in [5.74, 6) is 0. The van der Waals surface area contributed by atoms with Crippen LogP contribution in [-0.2, 0) is 11.0 Å². The molecule has 0 N–H and O–H groups in total. The van der Waals surface area contributed by atoms with Crippen LogP contribution in [0.2, 0.25) is 0 Å². The zero-order valence-corrected chi connectivity index (χ0v) is 22.9. The highest BCUT2D eigenvalue weighted by Crippen LogP contribution is 2.40. The van der Waals surface area contributed by atoms with E-state index in [1.807, 2.05) is 27.8 Å². The number of hydrogen-bond acceptors (Lipinski definition) is 1. The molecule has 0 spiro atoms. The Morgan fingerprint density at radius 2 is 1.14 bits per heavy atom. The number of benzene rings is 4. The lowest BCUT2D eigenvalue weighted by atomic mass is 9.95. The summed E-state index contributed by atoms with van der Waals surface area (Å²) >= 11 is 0. The number of nitrogens with zero attached hydrogens (tertiary/aromatic N) is 1. The van der Waals surface area contributed by atoms with Crippen molar-refractivity contribution in [1.82, 2.24) is 4.31 Å². The first kappa shape index (κ1) is 25.5. The molecule has 4 aromatic carbocycles. The Morgan fingerprint density at radius 3 is 1.66 bits per heavy atom. The lowest BCUT2D eigenvalue weighted by Crippen LogP contribution is -2.39. The topological polar surface area (TPSA) is 20.3 Å². The van der Waals surface area contributed by atoms with Crippen molar-refractivity contribution >= 4 is 34.8 Å². The molecule has 0 saturated heterocycles. The highest BCUT2D eigenvalue weighted by molar-refractivity contribution is 7.84. The smallest absolute Gasteiger partial charge is 0.100 e. The van der Waals surface area contributed by atoms with Crippen LogP contribution in [0.4, 0.5) is 0 Å².